The number of rotatable bonds is 6. The molecule has 1 atom stereocenters. The smallest absolute Gasteiger partial charge is 0.272 e. The molecule has 2 heterocycles. The molecule has 0 saturated heterocycles. The highest BCUT2D eigenvalue weighted by atomic mass is 16.5. The van der Waals surface area contributed by atoms with Crippen molar-refractivity contribution in [2.75, 3.05) is 7.11 Å². The number of nitrogens with zero attached hydrogens (tertiary/aromatic N) is 2. The maximum atomic E-state index is 14.8. The second kappa shape index (κ2) is 10.8. The fourth-order valence-electron chi connectivity index (χ4n) is 6.55. The van der Waals surface area contributed by atoms with Crippen LogP contribution < -0.4 is 10.1 Å². The van der Waals surface area contributed by atoms with Crippen LogP contribution in [-0.2, 0) is 23.4 Å². The molecule has 1 aromatic heterocycles. The zero-order valence-electron chi connectivity index (χ0n) is 23.4. The van der Waals surface area contributed by atoms with E-state index in [4.69, 9.17) is 4.74 Å². The minimum absolute atomic E-state index is 0.106. The molecule has 6 heteroatoms. The number of ether oxygens (including phenoxy) is 1. The molecule has 0 unspecified atom stereocenters. The molecule has 1 aliphatic carbocycles. The summed E-state index contributed by atoms with van der Waals surface area (Å²) in [5.41, 5.74) is 3.19. The van der Waals surface area contributed by atoms with Crippen LogP contribution in [0, 0.1) is 6.92 Å². The van der Waals surface area contributed by atoms with Crippen LogP contribution in [-0.4, -0.2) is 34.4 Å². The fraction of sp³-hybridized carbons (Fsp3) is 0.353. The molecular weight excluding hydrogens is 498 g/mol. The van der Waals surface area contributed by atoms with E-state index < -0.39 is 5.54 Å². The van der Waals surface area contributed by atoms with Gasteiger partial charge in [0.25, 0.3) is 11.8 Å². The van der Waals surface area contributed by atoms with Gasteiger partial charge in [0, 0.05) is 24.0 Å². The Morgan fingerprint density at radius 2 is 1.73 bits per heavy atom. The van der Waals surface area contributed by atoms with Crippen LogP contribution in [0.3, 0.4) is 0 Å². The molecule has 1 N–H and O–H groups in total. The van der Waals surface area contributed by atoms with Gasteiger partial charge in [-0.05, 0) is 49.1 Å². The number of hydrogen-bond acceptors (Lipinski definition) is 3. The highest BCUT2D eigenvalue weighted by molar-refractivity contribution is 6.04. The number of benzene rings is 3. The van der Waals surface area contributed by atoms with Crippen molar-refractivity contribution in [3.63, 3.8) is 0 Å². The Morgan fingerprint density at radius 3 is 2.45 bits per heavy atom. The van der Waals surface area contributed by atoms with E-state index in [2.05, 4.69) is 24.4 Å². The first-order chi connectivity index (χ1) is 19.5. The first kappa shape index (κ1) is 26.2. The van der Waals surface area contributed by atoms with Crippen molar-refractivity contribution in [1.82, 2.24) is 14.8 Å². The number of methoxy groups -OCH3 is 1. The summed E-state index contributed by atoms with van der Waals surface area (Å²) < 4.78 is 7.55. The molecule has 2 amide bonds. The van der Waals surface area contributed by atoms with Crippen LogP contribution in [0.5, 0.6) is 5.75 Å². The standard InChI is InChI=1S/C34H37N3O3/c1-24-11-10-12-25(19-24)22-37-32(38)31-20-26-17-18-29(40-2)21-30(26)36(31)23-34(37,27-13-6-5-7-14-27)33(39)35-28-15-8-3-4-9-16-28/h5-7,10-14,17-21,28H,3-4,8-9,15-16,22-23H2,1-2H3,(H,35,39)/t34-/m1/s1. The summed E-state index contributed by atoms with van der Waals surface area (Å²) in [5.74, 6) is 0.459. The molecule has 6 nitrogen and oxygen atoms in total. The van der Waals surface area contributed by atoms with Crippen molar-refractivity contribution in [3.05, 3.63) is 101 Å². The molecule has 0 bridgehead atoms. The second-order valence-electron chi connectivity index (χ2n) is 11.3. The number of amides is 2. The van der Waals surface area contributed by atoms with Gasteiger partial charge in [-0.3, -0.25) is 9.59 Å². The molecule has 206 valence electrons. The van der Waals surface area contributed by atoms with E-state index in [9.17, 15) is 9.59 Å². The summed E-state index contributed by atoms with van der Waals surface area (Å²) in [6.45, 7) is 2.70. The van der Waals surface area contributed by atoms with Crippen LogP contribution in [0.1, 0.15) is 65.7 Å². The predicted molar refractivity (Wildman–Crippen MR) is 157 cm³/mol. The molecule has 1 aliphatic heterocycles. The summed E-state index contributed by atoms with van der Waals surface area (Å²) in [7, 11) is 1.64. The normalized spacial score (nSPS) is 19.8. The van der Waals surface area contributed by atoms with E-state index in [1.54, 1.807) is 7.11 Å². The molecule has 0 spiro atoms. The SMILES string of the molecule is COc1ccc2cc3n(c2c1)C[C@](C(=O)NC1CCCCCC1)(c1ccccc1)N(Cc1cccc(C)c1)C3=O. The molecule has 1 fully saturated rings. The maximum Gasteiger partial charge on any atom is 0.272 e. The van der Waals surface area contributed by atoms with Crippen LogP contribution in [0.25, 0.3) is 10.9 Å². The summed E-state index contributed by atoms with van der Waals surface area (Å²) in [5, 5.41) is 4.39. The van der Waals surface area contributed by atoms with Gasteiger partial charge in [-0.2, -0.15) is 0 Å². The summed E-state index contributed by atoms with van der Waals surface area (Å²) in [6, 6.07) is 25.9. The first-order valence-electron chi connectivity index (χ1n) is 14.4. The molecule has 40 heavy (non-hydrogen) atoms. The van der Waals surface area contributed by atoms with Gasteiger partial charge in [-0.15, -0.1) is 0 Å². The monoisotopic (exact) mass is 535 g/mol. The Bertz CT molecular complexity index is 1530. The number of carbonyl (C=O) groups is 2. The fourth-order valence-corrected chi connectivity index (χ4v) is 6.55. The lowest BCUT2D eigenvalue weighted by molar-refractivity contribution is -0.136. The van der Waals surface area contributed by atoms with Gasteiger partial charge in [-0.25, -0.2) is 0 Å². The highest BCUT2D eigenvalue weighted by Crippen LogP contribution is 2.41. The third kappa shape index (κ3) is 4.66. The van der Waals surface area contributed by atoms with E-state index in [-0.39, 0.29) is 17.9 Å². The molecule has 3 aromatic carbocycles. The molecule has 2 aliphatic rings. The Kier molecular flexibility index (Phi) is 7.09. The van der Waals surface area contributed by atoms with Gasteiger partial charge in [0.1, 0.15) is 11.4 Å². The third-order valence-corrected chi connectivity index (χ3v) is 8.66. The average molecular weight is 536 g/mol. The van der Waals surface area contributed by atoms with Crippen LogP contribution in [0.4, 0.5) is 0 Å². The summed E-state index contributed by atoms with van der Waals surface area (Å²) in [4.78, 5) is 31.1. The lowest BCUT2D eigenvalue weighted by Gasteiger charge is -2.47. The minimum atomic E-state index is -1.23. The minimum Gasteiger partial charge on any atom is -0.497 e. The van der Waals surface area contributed by atoms with Crippen LogP contribution in [0.15, 0.2) is 78.9 Å². The van der Waals surface area contributed by atoms with Crippen molar-refractivity contribution in [1.29, 1.82) is 0 Å². The number of hydrogen-bond donors (Lipinski definition) is 1. The van der Waals surface area contributed by atoms with Crippen molar-refractivity contribution in [3.8, 4) is 5.75 Å². The maximum absolute atomic E-state index is 14.8. The summed E-state index contributed by atoms with van der Waals surface area (Å²) >= 11 is 0. The second-order valence-corrected chi connectivity index (χ2v) is 11.3. The summed E-state index contributed by atoms with van der Waals surface area (Å²) in [6.07, 6.45) is 6.57. The van der Waals surface area contributed by atoms with Gasteiger partial charge in [0.2, 0.25) is 0 Å². The van der Waals surface area contributed by atoms with E-state index >= 15 is 0 Å². The van der Waals surface area contributed by atoms with E-state index in [0.717, 1.165) is 59.0 Å². The number of nitrogens with one attached hydrogen (secondary N) is 1. The molecule has 0 radical (unpaired) electrons. The largest absolute Gasteiger partial charge is 0.497 e. The van der Waals surface area contributed by atoms with E-state index in [1.807, 2.05) is 76.2 Å². The Labute approximate surface area is 235 Å². The zero-order valence-corrected chi connectivity index (χ0v) is 23.4. The number of carbonyl (C=O) groups excluding carboxylic acids is 2. The lowest BCUT2D eigenvalue weighted by atomic mass is 9.83. The van der Waals surface area contributed by atoms with E-state index in [0.29, 0.717) is 18.8 Å². The molecule has 4 aromatic rings. The van der Waals surface area contributed by atoms with Crippen molar-refractivity contribution < 1.29 is 14.3 Å². The van der Waals surface area contributed by atoms with Gasteiger partial charge in [0.15, 0.2) is 5.54 Å². The van der Waals surface area contributed by atoms with Crippen LogP contribution in [0.2, 0.25) is 0 Å². The van der Waals surface area contributed by atoms with Crippen LogP contribution >= 0.6 is 0 Å². The highest BCUT2D eigenvalue weighted by Gasteiger charge is 2.52. The average Bonchev–Trinajstić information content (AvgIpc) is 3.13. The molecular formula is C34H37N3O3. The van der Waals surface area contributed by atoms with Gasteiger partial charge >= 0.3 is 0 Å². The van der Waals surface area contributed by atoms with Gasteiger partial charge < -0.3 is 19.5 Å². The Balaban J connectivity index is 1.54. The quantitative estimate of drug-likeness (QED) is 0.293. The number of aryl methyl sites for hydroxylation is 1. The Hall–Kier alpha value is -4.06. The third-order valence-electron chi connectivity index (χ3n) is 8.66. The Morgan fingerprint density at radius 1 is 0.950 bits per heavy atom. The molecule has 6 rings (SSSR count). The van der Waals surface area contributed by atoms with Crippen molar-refractivity contribution >= 4 is 22.7 Å². The number of fused-ring (bicyclic) bond motifs is 3. The first-order valence-corrected chi connectivity index (χ1v) is 14.4. The van der Waals surface area contributed by atoms with Crippen molar-refractivity contribution in [2.45, 2.75) is 70.1 Å². The van der Waals surface area contributed by atoms with Crippen molar-refractivity contribution in [2.24, 2.45) is 0 Å². The molecule has 1 saturated carbocycles. The van der Waals surface area contributed by atoms with E-state index in [1.165, 1.54) is 12.8 Å². The van der Waals surface area contributed by atoms with Gasteiger partial charge in [-0.1, -0.05) is 85.8 Å². The topological polar surface area (TPSA) is 63.6 Å². The number of aromatic nitrogens is 1. The van der Waals surface area contributed by atoms with Gasteiger partial charge in [0.05, 0.1) is 19.2 Å². The predicted octanol–water partition coefficient (Wildman–Crippen LogP) is 6.35. The lowest BCUT2D eigenvalue weighted by Crippen LogP contribution is -2.63. The zero-order chi connectivity index (χ0) is 27.7.